The van der Waals surface area contributed by atoms with Crippen LogP contribution in [0.25, 0.3) is 0 Å². The third kappa shape index (κ3) is 7.20. The molecule has 1 aliphatic heterocycles. The quantitative estimate of drug-likeness (QED) is 0.566. The van der Waals surface area contributed by atoms with Gasteiger partial charge in [-0.05, 0) is 45.2 Å². The molecule has 0 N–H and O–H groups in total. The summed E-state index contributed by atoms with van der Waals surface area (Å²) >= 11 is 0. The lowest BCUT2D eigenvalue weighted by molar-refractivity contribution is 0.0924. The summed E-state index contributed by atoms with van der Waals surface area (Å²) < 4.78 is 10.6. The van der Waals surface area contributed by atoms with Gasteiger partial charge in [0.25, 0.3) is 0 Å². The lowest BCUT2D eigenvalue weighted by atomic mass is 10.1. The van der Waals surface area contributed by atoms with E-state index in [2.05, 4.69) is 4.90 Å². The molecule has 0 amide bonds. The Morgan fingerprint density at radius 1 is 0.875 bits per heavy atom. The van der Waals surface area contributed by atoms with Crippen molar-refractivity contribution in [2.75, 3.05) is 46.6 Å². The summed E-state index contributed by atoms with van der Waals surface area (Å²) in [5.41, 5.74) is 0. The number of methoxy groups -OCH3 is 1. The van der Waals surface area contributed by atoms with Gasteiger partial charge in [0.1, 0.15) is 0 Å². The number of nitrogens with zero attached hydrogens (tertiary/aromatic N) is 1. The van der Waals surface area contributed by atoms with Gasteiger partial charge in [-0.3, -0.25) is 0 Å². The minimum absolute atomic E-state index is 0.883. The molecule has 0 saturated carbocycles. The van der Waals surface area contributed by atoms with Gasteiger partial charge in [-0.15, -0.1) is 0 Å². The number of piperidine rings is 1. The third-order valence-corrected chi connectivity index (χ3v) is 3.14. The van der Waals surface area contributed by atoms with E-state index in [0.717, 1.165) is 32.8 Å². The first-order chi connectivity index (χ1) is 7.93. The number of ether oxygens (including phenoxy) is 2. The molecular formula is C13H27NO2. The molecule has 0 aromatic heterocycles. The predicted octanol–water partition coefficient (Wildman–Crippen LogP) is 2.31. The topological polar surface area (TPSA) is 21.7 Å². The highest BCUT2D eigenvalue weighted by atomic mass is 16.5. The first-order valence-electron chi connectivity index (χ1n) is 6.72. The van der Waals surface area contributed by atoms with E-state index in [-0.39, 0.29) is 0 Å². The molecule has 0 spiro atoms. The van der Waals surface area contributed by atoms with Crippen LogP contribution in [0.5, 0.6) is 0 Å². The van der Waals surface area contributed by atoms with Gasteiger partial charge in [0.05, 0.1) is 6.61 Å². The van der Waals surface area contributed by atoms with Crippen molar-refractivity contribution in [1.29, 1.82) is 0 Å². The van der Waals surface area contributed by atoms with Gasteiger partial charge in [-0.1, -0.05) is 6.42 Å². The zero-order chi connectivity index (χ0) is 11.5. The third-order valence-electron chi connectivity index (χ3n) is 3.14. The molecular weight excluding hydrogens is 202 g/mol. The fourth-order valence-electron chi connectivity index (χ4n) is 2.11. The molecule has 0 bridgehead atoms. The second kappa shape index (κ2) is 10.1. The lowest BCUT2D eigenvalue weighted by Crippen LogP contribution is -2.32. The van der Waals surface area contributed by atoms with E-state index >= 15 is 0 Å². The fourth-order valence-corrected chi connectivity index (χ4v) is 2.11. The van der Waals surface area contributed by atoms with Gasteiger partial charge in [0.15, 0.2) is 0 Å². The second-order valence-electron chi connectivity index (χ2n) is 4.57. The molecule has 3 heteroatoms. The largest absolute Gasteiger partial charge is 0.385 e. The van der Waals surface area contributed by atoms with Gasteiger partial charge < -0.3 is 14.4 Å². The van der Waals surface area contributed by atoms with Gasteiger partial charge in [0.2, 0.25) is 0 Å². The summed E-state index contributed by atoms with van der Waals surface area (Å²) in [5, 5.41) is 0. The van der Waals surface area contributed by atoms with Gasteiger partial charge >= 0.3 is 0 Å². The van der Waals surface area contributed by atoms with Crippen molar-refractivity contribution in [2.24, 2.45) is 0 Å². The van der Waals surface area contributed by atoms with Crippen LogP contribution in [-0.4, -0.2) is 51.5 Å². The Balaban J connectivity index is 1.77. The van der Waals surface area contributed by atoms with Crippen molar-refractivity contribution in [2.45, 2.75) is 38.5 Å². The van der Waals surface area contributed by atoms with E-state index in [1.54, 1.807) is 7.11 Å². The monoisotopic (exact) mass is 229 g/mol. The van der Waals surface area contributed by atoms with Gasteiger partial charge in [0, 0.05) is 26.9 Å². The van der Waals surface area contributed by atoms with Gasteiger partial charge in [-0.2, -0.15) is 0 Å². The maximum Gasteiger partial charge on any atom is 0.0593 e. The van der Waals surface area contributed by atoms with Gasteiger partial charge in [-0.25, -0.2) is 0 Å². The fraction of sp³-hybridized carbons (Fsp3) is 1.00. The predicted molar refractivity (Wildman–Crippen MR) is 66.8 cm³/mol. The average Bonchev–Trinajstić information content (AvgIpc) is 2.34. The molecule has 16 heavy (non-hydrogen) atoms. The summed E-state index contributed by atoms with van der Waals surface area (Å²) in [6.45, 7) is 6.38. The summed E-state index contributed by atoms with van der Waals surface area (Å²) in [6, 6.07) is 0. The molecule has 0 aliphatic carbocycles. The molecule has 0 aromatic carbocycles. The highest BCUT2D eigenvalue weighted by molar-refractivity contribution is 4.63. The number of unbranched alkanes of at least 4 members (excludes halogenated alkanes) is 2. The summed E-state index contributed by atoms with van der Waals surface area (Å²) in [7, 11) is 1.76. The smallest absolute Gasteiger partial charge is 0.0593 e. The number of likely N-dealkylation sites (tertiary alicyclic amines) is 1. The van der Waals surface area contributed by atoms with Crippen molar-refractivity contribution in [3.05, 3.63) is 0 Å². The first kappa shape index (κ1) is 13.9. The minimum Gasteiger partial charge on any atom is -0.385 e. The van der Waals surface area contributed by atoms with E-state index in [4.69, 9.17) is 9.47 Å². The Labute approximate surface area is 100 Å². The second-order valence-corrected chi connectivity index (χ2v) is 4.57. The van der Waals surface area contributed by atoms with Crippen LogP contribution in [0.15, 0.2) is 0 Å². The molecule has 1 fully saturated rings. The first-order valence-corrected chi connectivity index (χ1v) is 6.72. The Bertz CT molecular complexity index is 147. The van der Waals surface area contributed by atoms with Crippen LogP contribution < -0.4 is 0 Å². The van der Waals surface area contributed by atoms with Crippen molar-refractivity contribution < 1.29 is 9.47 Å². The van der Waals surface area contributed by atoms with E-state index in [9.17, 15) is 0 Å². The van der Waals surface area contributed by atoms with Crippen LogP contribution in [0, 0.1) is 0 Å². The van der Waals surface area contributed by atoms with Crippen LogP contribution in [0.1, 0.15) is 38.5 Å². The Morgan fingerprint density at radius 2 is 1.62 bits per heavy atom. The molecule has 0 aromatic rings. The molecule has 1 heterocycles. The molecule has 3 nitrogen and oxygen atoms in total. The van der Waals surface area contributed by atoms with Crippen LogP contribution in [0.4, 0.5) is 0 Å². The summed E-state index contributed by atoms with van der Waals surface area (Å²) in [4.78, 5) is 2.52. The van der Waals surface area contributed by atoms with Crippen molar-refractivity contribution >= 4 is 0 Å². The minimum atomic E-state index is 0.883. The highest BCUT2D eigenvalue weighted by Crippen LogP contribution is 2.07. The van der Waals surface area contributed by atoms with Crippen LogP contribution in [0.3, 0.4) is 0 Å². The highest BCUT2D eigenvalue weighted by Gasteiger charge is 2.08. The van der Waals surface area contributed by atoms with E-state index < -0.39 is 0 Å². The SMILES string of the molecule is COCCCCCOCCN1CCCCC1. The maximum absolute atomic E-state index is 5.63. The summed E-state index contributed by atoms with van der Waals surface area (Å²) in [5.74, 6) is 0. The molecule has 1 rings (SSSR count). The number of rotatable bonds is 9. The molecule has 0 unspecified atom stereocenters. The van der Waals surface area contributed by atoms with Crippen molar-refractivity contribution in [1.82, 2.24) is 4.90 Å². The zero-order valence-electron chi connectivity index (χ0n) is 10.7. The Kier molecular flexibility index (Phi) is 8.77. The standard InChI is InChI=1S/C13H27NO2/c1-15-11-6-3-7-12-16-13-10-14-8-4-2-5-9-14/h2-13H2,1H3. The molecule has 96 valence electrons. The molecule has 0 radical (unpaired) electrons. The van der Waals surface area contributed by atoms with Crippen LogP contribution >= 0.6 is 0 Å². The molecule has 1 aliphatic rings. The number of hydrogen-bond donors (Lipinski definition) is 0. The normalized spacial score (nSPS) is 17.8. The zero-order valence-corrected chi connectivity index (χ0v) is 10.7. The van der Waals surface area contributed by atoms with Crippen molar-refractivity contribution in [3.8, 4) is 0 Å². The number of hydrogen-bond acceptors (Lipinski definition) is 3. The van der Waals surface area contributed by atoms with E-state index in [0.29, 0.717) is 0 Å². The van der Waals surface area contributed by atoms with E-state index in [1.165, 1.54) is 45.2 Å². The molecule has 1 saturated heterocycles. The van der Waals surface area contributed by atoms with Crippen LogP contribution in [-0.2, 0) is 9.47 Å². The van der Waals surface area contributed by atoms with Crippen molar-refractivity contribution in [3.63, 3.8) is 0 Å². The van der Waals surface area contributed by atoms with Crippen LogP contribution in [0.2, 0.25) is 0 Å². The van der Waals surface area contributed by atoms with E-state index in [1.807, 2.05) is 0 Å². The lowest BCUT2D eigenvalue weighted by Gasteiger charge is -2.26. The maximum atomic E-state index is 5.63. The Hall–Kier alpha value is -0.120. The average molecular weight is 229 g/mol. The Morgan fingerprint density at radius 3 is 2.38 bits per heavy atom. The summed E-state index contributed by atoms with van der Waals surface area (Å²) in [6.07, 6.45) is 7.71. The molecule has 0 atom stereocenters.